The van der Waals surface area contributed by atoms with E-state index in [-0.39, 0.29) is 30.1 Å². The Morgan fingerprint density at radius 1 is 1.42 bits per heavy atom. The van der Waals surface area contributed by atoms with E-state index >= 15 is 0 Å². The molecule has 1 heterocycles. The van der Waals surface area contributed by atoms with Gasteiger partial charge in [-0.2, -0.15) is 0 Å². The zero-order valence-corrected chi connectivity index (χ0v) is 17.2. The second-order valence-electron chi connectivity index (χ2n) is 5.46. The highest BCUT2D eigenvalue weighted by atomic mass is 127. The van der Waals surface area contributed by atoms with Crippen LogP contribution in [0.4, 0.5) is 0 Å². The maximum atomic E-state index is 5.99. The molecule has 1 aromatic carbocycles. The molecule has 1 atom stereocenters. The molecular weight excluding hydrogens is 441 g/mol. The average Bonchev–Trinajstić information content (AvgIpc) is 3.05. The summed E-state index contributed by atoms with van der Waals surface area (Å²) in [6.45, 7) is 6.62. The summed E-state index contributed by atoms with van der Waals surface area (Å²) in [4.78, 5) is 4.57. The van der Waals surface area contributed by atoms with Crippen molar-refractivity contribution >= 4 is 41.5 Å². The van der Waals surface area contributed by atoms with Crippen LogP contribution in [0.1, 0.15) is 25.3 Å². The lowest BCUT2D eigenvalue weighted by atomic mass is 10.2. The summed E-state index contributed by atoms with van der Waals surface area (Å²) < 4.78 is 11.0. The predicted octanol–water partition coefficient (Wildman–Crippen LogP) is 3.21. The maximum absolute atomic E-state index is 5.99. The molecule has 5 nitrogen and oxygen atoms in total. The topological polar surface area (TPSA) is 54.9 Å². The Morgan fingerprint density at radius 2 is 2.29 bits per heavy atom. The van der Waals surface area contributed by atoms with Crippen LogP contribution in [-0.2, 0) is 16.0 Å². The number of halogens is 2. The Morgan fingerprint density at radius 3 is 3.00 bits per heavy atom. The van der Waals surface area contributed by atoms with Crippen LogP contribution in [0.5, 0.6) is 0 Å². The minimum absolute atomic E-state index is 0. The maximum Gasteiger partial charge on any atom is 0.191 e. The fraction of sp³-hybridized carbons (Fsp3) is 0.588. The van der Waals surface area contributed by atoms with Crippen molar-refractivity contribution in [2.45, 2.75) is 32.4 Å². The molecular formula is C17H27ClIN3O2. The minimum Gasteiger partial charge on any atom is -0.379 e. The van der Waals surface area contributed by atoms with Crippen LogP contribution in [0.15, 0.2) is 29.3 Å². The Bertz CT molecular complexity index is 496. The number of ether oxygens (including phenoxy) is 2. The van der Waals surface area contributed by atoms with Crippen LogP contribution in [0.2, 0.25) is 5.02 Å². The number of guanidine groups is 1. The summed E-state index contributed by atoms with van der Waals surface area (Å²) in [6, 6.07) is 7.77. The highest BCUT2D eigenvalue weighted by Gasteiger charge is 2.15. The van der Waals surface area contributed by atoms with E-state index in [0.29, 0.717) is 6.54 Å². The first-order chi connectivity index (χ1) is 11.3. The summed E-state index contributed by atoms with van der Waals surface area (Å²) in [5.41, 5.74) is 1.10. The Balaban J connectivity index is 0.00000288. The van der Waals surface area contributed by atoms with Crippen molar-refractivity contribution in [3.63, 3.8) is 0 Å². The zero-order valence-electron chi connectivity index (χ0n) is 14.1. The van der Waals surface area contributed by atoms with Crippen molar-refractivity contribution in [2.75, 3.05) is 32.9 Å². The number of benzene rings is 1. The van der Waals surface area contributed by atoms with Gasteiger partial charge >= 0.3 is 0 Å². The summed E-state index contributed by atoms with van der Waals surface area (Å²) in [6.07, 6.45) is 2.23. The third-order valence-corrected chi connectivity index (χ3v) is 3.74. The fourth-order valence-corrected chi connectivity index (χ4v) is 2.53. The van der Waals surface area contributed by atoms with Gasteiger partial charge in [0.05, 0.1) is 19.3 Å². The van der Waals surface area contributed by atoms with Crippen molar-refractivity contribution in [3.05, 3.63) is 34.9 Å². The van der Waals surface area contributed by atoms with Crippen LogP contribution in [0, 0.1) is 0 Å². The molecule has 1 aliphatic rings. The first kappa shape index (κ1) is 21.5. The zero-order chi connectivity index (χ0) is 16.3. The van der Waals surface area contributed by atoms with Crippen molar-refractivity contribution in [1.29, 1.82) is 0 Å². The molecule has 0 bridgehead atoms. The second kappa shape index (κ2) is 12.7. The van der Waals surface area contributed by atoms with E-state index in [1.165, 1.54) is 0 Å². The van der Waals surface area contributed by atoms with Gasteiger partial charge in [-0.15, -0.1) is 24.0 Å². The summed E-state index contributed by atoms with van der Waals surface area (Å²) in [5, 5.41) is 7.31. The van der Waals surface area contributed by atoms with Crippen molar-refractivity contribution in [1.82, 2.24) is 10.6 Å². The van der Waals surface area contributed by atoms with Crippen LogP contribution >= 0.6 is 35.6 Å². The number of rotatable bonds is 8. The van der Waals surface area contributed by atoms with Gasteiger partial charge in [0.1, 0.15) is 0 Å². The van der Waals surface area contributed by atoms with Gasteiger partial charge in [0.15, 0.2) is 5.96 Å². The van der Waals surface area contributed by atoms with Gasteiger partial charge in [0.2, 0.25) is 0 Å². The molecule has 2 rings (SSSR count). The Hall–Kier alpha value is -0.570. The molecule has 1 aliphatic heterocycles. The van der Waals surface area contributed by atoms with Gasteiger partial charge in [-0.25, -0.2) is 4.99 Å². The Labute approximate surface area is 166 Å². The van der Waals surface area contributed by atoms with E-state index < -0.39 is 0 Å². The highest BCUT2D eigenvalue weighted by molar-refractivity contribution is 14.0. The van der Waals surface area contributed by atoms with Crippen LogP contribution < -0.4 is 10.6 Å². The first-order valence-electron chi connectivity index (χ1n) is 8.24. The summed E-state index contributed by atoms with van der Waals surface area (Å²) >= 11 is 5.99. The molecule has 136 valence electrons. The van der Waals surface area contributed by atoms with Gasteiger partial charge in [-0.05, 0) is 37.5 Å². The highest BCUT2D eigenvalue weighted by Crippen LogP contribution is 2.11. The van der Waals surface area contributed by atoms with Crippen LogP contribution in [0.3, 0.4) is 0 Å². The molecule has 0 amide bonds. The smallest absolute Gasteiger partial charge is 0.191 e. The lowest BCUT2D eigenvalue weighted by Crippen LogP contribution is -2.38. The van der Waals surface area contributed by atoms with E-state index in [1.807, 2.05) is 24.3 Å². The molecule has 24 heavy (non-hydrogen) atoms. The van der Waals surface area contributed by atoms with Gasteiger partial charge in [-0.3, -0.25) is 0 Å². The number of hydrogen-bond donors (Lipinski definition) is 2. The molecule has 1 unspecified atom stereocenters. The molecule has 2 N–H and O–H groups in total. The first-order valence-corrected chi connectivity index (χ1v) is 8.61. The third kappa shape index (κ3) is 8.50. The van der Waals surface area contributed by atoms with Crippen molar-refractivity contribution < 1.29 is 9.47 Å². The number of nitrogens with one attached hydrogen (secondary N) is 2. The van der Waals surface area contributed by atoms with E-state index in [1.54, 1.807) is 0 Å². The molecule has 1 aromatic rings. The predicted molar refractivity (Wildman–Crippen MR) is 109 cm³/mol. The van der Waals surface area contributed by atoms with E-state index in [4.69, 9.17) is 21.1 Å². The van der Waals surface area contributed by atoms with Gasteiger partial charge in [-0.1, -0.05) is 23.7 Å². The van der Waals surface area contributed by atoms with Crippen LogP contribution in [0.25, 0.3) is 0 Å². The molecule has 1 saturated heterocycles. The molecule has 0 radical (unpaired) electrons. The molecule has 0 spiro atoms. The average molecular weight is 468 g/mol. The quantitative estimate of drug-likeness (QED) is 0.267. The molecule has 0 saturated carbocycles. The normalized spacial score (nSPS) is 17.4. The molecule has 0 aromatic heterocycles. The van der Waals surface area contributed by atoms with Crippen molar-refractivity contribution in [3.8, 4) is 0 Å². The summed E-state index contributed by atoms with van der Waals surface area (Å²) in [7, 11) is 0. The SMILES string of the molecule is CCNC(=NCc1cccc(Cl)c1)NCCCOC1CCOC1.I. The third-order valence-electron chi connectivity index (χ3n) is 3.51. The monoisotopic (exact) mass is 467 g/mol. The Kier molecular flexibility index (Phi) is 11.4. The lowest BCUT2D eigenvalue weighted by molar-refractivity contribution is 0.0420. The molecule has 0 aliphatic carbocycles. The van der Waals surface area contributed by atoms with Crippen molar-refractivity contribution in [2.24, 2.45) is 4.99 Å². The largest absolute Gasteiger partial charge is 0.379 e. The summed E-state index contributed by atoms with van der Waals surface area (Å²) in [5.74, 6) is 0.816. The molecule has 1 fully saturated rings. The lowest BCUT2D eigenvalue weighted by Gasteiger charge is -2.13. The fourth-order valence-electron chi connectivity index (χ4n) is 2.32. The standard InChI is InChI=1S/C17H26ClN3O2.HI/c1-2-19-17(21-12-14-5-3-6-15(18)11-14)20-8-4-9-23-16-7-10-22-13-16;/h3,5-6,11,16H,2,4,7-10,12-13H2,1H3,(H2,19,20,21);1H. The van der Waals surface area contributed by atoms with E-state index in [0.717, 1.165) is 62.3 Å². The van der Waals surface area contributed by atoms with Crippen LogP contribution in [-0.4, -0.2) is 45.0 Å². The van der Waals surface area contributed by atoms with E-state index in [9.17, 15) is 0 Å². The van der Waals surface area contributed by atoms with Gasteiger partial charge < -0.3 is 20.1 Å². The second-order valence-corrected chi connectivity index (χ2v) is 5.90. The van der Waals surface area contributed by atoms with Gasteiger partial charge in [0.25, 0.3) is 0 Å². The number of nitrogens with zero attached hydrogens (tertiary/aromatic N) is 1. The molecule has 7 heteroatoms. The van der Waals surface area contributed by atoms with E-state index in [2.05, 4.69) is 22.5 Å². The minimum atomic E-state index is 0. The number of aliphatic imine (C=N–C) groups is 1. The van der Waals surface area contributed by atoms with Gasteiger partial charge in [0, 0.05) is 31.3 Å². The number of hydrogen-bond acceptors (Lipinski definition) is 3.